The van der Waals surface area contributed by atoms with E-state index in [9.17, 15) is 4.39 Å². The van der Waals surface area contributed by atoms with Crippen molar-refractivity contribution in [2.75, 3.05) is 18.6 Å². The third-order valence-electron chi connectivity index (χ3n) is 1.91. The maximum absolute atomic E-state index is 13.4. The fourth-order valence-corrected chi connectivity index (χ4v) is 1.52. The van der Waals surface area contributed by atoms with Crippen molar-refractivity contribution < 1.29 is 9.13 Å². The third kappa shape index (κ3) is 3.22. The first kappa shape index (κ1) is 11.4. The van der Waals surface area contributed by atoms with Crippen molar-refractivity contribution in [1.82, 2.24) is 0 Å². The Bertz CT molecular complexity index is 289. The maximum atomic E-state index is 13.4. The molecule has 0 fully saturated rings. The molecule has 0 unspecified atom stereocenters. The molecule has 0 spiro atoms. The SMILES string of the molecule is CSCCCOc1cccc(C)c1F. The first-order chi connectivity index (χ1) is 6.75. The second-order valence-corrected chi connectivity index (χ2v) is 4.07. The van der Waals surface area contributed by atoms with Gasteiger partial charge in [-0.1, -0.05) is 12.1 Å². The molecule has 0 bridgehead atoms. The molecule has 0 N–H and O–H groups in total. The van der Waals surface area contributed by atoms with Crippen LogP contribution in [-0.2, 0) is 0 Å². The number of ether oxygens (including phenoxy) is 1. The lowest BCUT2D eigenvalue weighted by atomic mass is 10.2. The summed E-state index contributed by atoms with van der Waals surface area (Å²) in [6, 6.07) is 5.22. The van der Waals surface area contributed by atoms with E-state index < -0.39 is 0 Å². The summed E-state index contributed by atoms with van der Waals surface area (Å²) in [4.78, 5) is 0. The molecule has 14 heavy (non-hydrogen) atoms. The summed E-state index contributed by atoms with van der Waals surface area (Å²) >= 11 is 1.77. The average molecular weight is 214 g/mol. The van der Waals surface area contributed by atoms with Gasteiger partial charge in [0, 0.05) is 0 Å². The van der Waals surface area contributed by atoms with Crippen molar-refractivity contribution in [3.05, 3.63) is 29.6 Å². The number of thioether (sulfide) groups is 1. The molecule has 1 nitrogen and oxygen atoms in total. The Kier molecular flexibility index (Phi) is 4.80. The zero-order valence-electron chi connectivity index (χ0n) is 8.55. The fraction of sp³-hybridized carbons (Fsp3) is 0.455. The molecule has 0 aromatic heterocycles. The van der Waals surface area contributed by atoms with E-state index in [1.54, 1.807) is 30.8 Å². The summed E-state index contributed by atoms with van der Waals surface area (Å²) in [5.74, 6) is 1.18. The van der Waals surface area contributed by atoms with Gasteiger partial charge in [0.05, 0.1) is 6.61 Å². The molecule has 0 saturated carbocycles. The van der Waals surface area contributed by atoms with Crippen LogP contribution in [0.15, 0.2) is 18.2 Å². The molecule has 0 atom stereocenters. The normalized spacial score (nSPS) is 10.2. The van der Waals surface area contributed by atoms with E-state index >= 15 is 0 Å². The van der Waals surface area contributed by atoms with Gasteiger partial charge < -0.3 is 4.74 Å². The molecule has 0 radical (unpaired) electrons. The summed E-state index contributed by atoms with van der Waals surface area (Å²) in [7, 11) is 0. The van der Waals surface area contributed by atoms with Crippen LogP contribution in [0.5, 0.6) is 5.75 Å². The van der Waals surface area contributed by atoms with Crippen LogP contribution in [0.2, 0.25) is 0 Å². The summed E-state index contributed by atoms with van der Waals surface area (Å²) in [5.41, 5.74) is 0.632. The smallest absolute Gasteiger partial charge is 0.167 e. The van der Waals surface area contributed by atoms with Crippen molar-refractivity contribution >= 4 is 11.8 Å². The molecule has 78 valence electrons. The Morgan fingerprint density at radius 1 is 1.43 bits per heavy atom. The molecule has 0 aliphatic rings. The van der Waals surface area contributed by atoms with Crippen LogP contribution in [0.25, 0.3) is 0 Å². The number of benzene rings is 1. The minimum atomic E-state index is -0.239. The maximum Gasteiger partial charge on any atom is 0.167 e. The van der Waals surface area contributed by atoms with Gasteiger partial charge in [-0.25, -0.2) is 4.39 Å². The van der Waals surface area contributed by atoms with Gasteiger partial charge in [0.25, 0.3) is 0 Å². The van der Waals surface area contributed by atoms with Gasteiger partial charge in [0.1, 0.15) is 0 Å². The average Bonchev–Trinajstić information content (AvgIpc) is 2.19. The van der Waals surface area contributed by atoms with E-state index in [1.165, 1.54) is 0 Å². The van der Waals surface area contributed by atoms with E-state index in [0.717, 1.165) is 12.2 Å². The Balaban J connectivity index is 2.46. The van der Waals surface area contributed by atoms with E-state index in [4.69, 9.17) is 4.74 Å². The molecule has 0 amide bonds. The minimum absolute atomic E-state index is 0.239. The highest BCUT2D eigenvalue weighted by Gasteiger charge is 2.04. The Hall–Kier alpha value is -0.700. The molecule has 1 aromatic carbocycles. The minimum Gasteiger partial charge on any atom is -0.490 e. The second-order valence-electron chi connectivity index (χ2n) is 3.08. The fourth-order valence-electron chi connectivity index (χ4n) is 1.12. The molecule has 0 heterocycles. The van der Waals surface area contributed by atoms with Crippen LogP contribution in [0.4, 0.5) is 4.39 Å². The van der Waals surface area contributed by atoms with Gasteiger partial charge in [-0.15, -0.1) is 0 Å². The van der Waals surface area contributed by atoms with Crippen LogP contribution in [0.3, 0.4) is 0 Å². The van der Waals surface area contributed by atoms with Crippen molar-refractivity contribution in [1.29, 1.82) is 0 Å². The van der Waals surface area contributed by atoms with Gasteiger partial charge in [0.15, 0.2) is 11.6 Å². The second kappa shape index (κ2) is 5.91. The lowest BCUT2D eigenvalue weighted by Gasteiger charge is -2.07. The highest BCUT2D eigenvalue weighted by molar-refractivity contribution is 7.98. The number of halogens is 1. The highest BCUT2D eigenvalue weighted by Crippen LogP contribution is 2.19. The van der Waals surface area contributed by atoms with Crippen molar-refractivity contribution in [2.45, 2.75) is 13.3 Å². The number of aryl methyl sites for hydroxylation is 1. The molecule has 0 saturated heterocycles. The Morgan fingerprint density at radius 2 is 2.21 bits per heavy atom. The van der Waals surface area contributed by atoms with Crippen molar-refractivity contribution in [2.24, 2.45) is 0 Å². The summed E-state index contributed by atoms with van der Waals surface area (Å²) < 4.78 is 18.7. The van der Waals surface area contributed by atoms with Crippen LogP contribution >= 0.6 is 11.8 Å². The predicted molar refractivity (Wildman–Crippen MR) is 59.6 cm³/mol. The number of rotatable bonds is 5. The summed E-state index contributed by atoms with van der Waals surface area (Å²) in [6.07, 6.45) is 3.00. The van der Waals surface area contributed by atoms with E-state index in [1.807, 2.05) is 12.3 Å². The lowest BCUT2D eigenvalue weighted by molar-refractivity contribution is 0.302. The van der Waals surface area contributed by atoms with Crippen molar-refractivity contribution in [3.8, 4) is 5.75 Å². The largest absolute Gasteiger partial charge is 0.490 e. The van der Waals surface area contributed by atoms with Gasteiger partial charge >= 0.3 is 0 Å². The zero-order valence-corrected chi connectivity index (χ0v) is 9.36. The quantitative estimate of drug-likeness (QED) is 0.696. The Morgan fingerprint density at radius 3 is 2.93 bits per heavy atom. The third-order valence-corrected chi connectivity index (χ3v) is 2.60. The molecule has 3 heteroatoms. The highest BCUT2D eigenvalue weighted by atomic mass is 32.2. The van der Waals surface area contributed by atoms with Crippen LogP contribution in [-0.4, -0.2) is 18.6 Å². The first-order valence-electron chi connectivity index (χ1n) is 4.62. The number of hydrogen-bond acceptors (Lipinski definition) is 2. The topological polar surface area (TPSA) is 9.23 Å². The van der Waals surface area contributed by atoms with Crippen LogP contribution in [0, 0.1) is 12.7 Å². The molecule has 1 aromatic rings. The van der Waals surface area contributed by atoms with Gasteiger partial charge in [-0.3, -0.25) is 0 Å². The van der Waals surface area contributed by atoms with Crippen molar-refractivity contribution in [3.63, 3.8) is 0 Å². The standard InChI is InChI=1S/C11H15FOS/c1-9-5-3-6-10(11(9)12)13-7-4-8-14-2/h3,5-6H,4,7-8H2,1-2H3. The van der Waals surface area contributed by atoms with Crippen LogP contribution < -0.4 is 4.74 Å². The number of hydrogen-bond donors (Lipinski definition) is 0. The van der Waals surface area contributed by atoms with Crippen LogP contribution in [0.1, 0.15) is 12.0 Å². The van der Waals surface area contributed by atoms with E-state index in [2.05, 4.69) is 0 Å². The molecule has 1 rings (SSSR count). The molecular weight excluding hydrogens is 199 g/mol. The predicted octanol–water partition coefficient (Wildman–Crippen LogP) is 3.27. The van der Waals surface area contributed by atoms with E-state index in [0.29, 0.717) is 17.9 Å². The monoisotopic (exact) mass is 214 g/mol. The first-order valence-corrected chi connectivity index (χ1v) is 6.02. The molecular formula is C11H15FOS. The van der Waals surface area contributed by atoms with E-state index in [-0.39, 0.29) is 5.82 Å². The van der Waals surface area contributed by atoms with Gasteiger partial charge in [0.2, 0.25) is 0 Å². The summed E-state index contributed by atoms with van der Waals surface area (Å²) in [5, 5.41) is 0. The lowest BCUT2D eigenvalue weighted by Crippen LogP contribution is -2.01. The summed E-state index contributed by atoms with van der Waals surface area (Å²) in [6.45, 7) is 2.32. The Labute approximate surface area is 88.7 Å². The molecule has 0 aliphatic heterocycles. The zero-order chi connectivity index (χ0) is 10.4. The van der Waals surface area contributed by atoms with Gasteiger partial charge in [-0.05, 0) is 37.0 Å². The van der Waals surface area contributed by atoms with Gasteiger partial charge in [-0.2, -0.15) is 11.8 Å². The molecule has 0 aliphatic carbocycles.